The molecule has 1 N–H and O–H groups in total. The van der Waals surface area contributed by atoms with Crippen LogP contribution in [0.3, 0.4) is 0 Å². The number of benzene rings is 2. The van der Waals surface area contributed by atoms with E-state index in [1.165, 1.54) is 0 Å². The van der Waals surface area contributed by atoms with Gasteiger partial charge in [0.2, 0.25) is 0 Å². The van der Waals surface area contributed by atoms with Crippen LogP contribution in [0.15, 0.2) is 66.3 Å². The average molecular weight is 371 g/mol. The SMILES string of the molecule is CN(C)c1ccc2c(c1)C1=CC(=[N+](C)C)C=CC1=C2c1ccccc1C(=O)O. The van der Waals surface area contributed by atoms with Crippen molar-refractivity contribution < 1.29 is 14.5 Å². The van der Waals surface area contributed by atoms with Gasteiger partial charge >= 0.3 is 5.97 Å². The summed E-state index contributed by atoms with van der Waals surface area (Å²) in [6.07, 6.45) is 6.37. The number of nitrogens with zero attached hydrogens (tertiary/aromatic N) is 2. The van der Waals surface area contributed by atoms with Crippen LogP contribution >= 0.6 is 0 Å². The maximum Gasteiger partial charge on any atom is 0.336 e. The van der Waals surface area contributed by atoms with Gasteiger partial charge in [-0.3, -0.25) is 0 Å². The number of anilines is 1. The summed E-state index contributed by atoms with van der Waals surface area (Å²) in [5.41, 5.74) is 8.73. The molecule has 4 nitrogen and oxygen atoms in total. The van der Waals surface area contributed by atoms with Crippen molar-refractivity contribution in [2.24, 2.45) is 0 Å². The lowest BCUT2D eigenvalue weighted by Crippen LogP contribution is -2.11. The van der Waals surface area contributed by atoms with Crippen molar-refractivity contribution >= 4 is 28.5 Å². The van der Waals surface area contributed by atoms with E-state index in [-0.39, 0.29) is 0 Å². The van der Waals surface area contributed by atoms with E-state index in [9.17, 15) is 9.90 Å². The zero-order valence-corrected chi connectivity index (χ0v) is 16.5. The highest BCUT2D eigenvalue weighted by Crippen LogP contribution is 2.47. The zero-order valence-electron chi connectivity index (χ0n) is 16.5. The first-order valence-corrected chi connectivity index (χ1v) is 9.22. The Morgan fingerprint density at radius 3 is 2.39 bits per heavy atom. The van der Waals surface area contributed by atoms with Crippen molar-refractivity contribution in [2.45, 2.75) is 0 Å². The van der Waals surface area contributed by atoms with Gasteiger partial charge in [0.05, 0.1) is 5.56 Å². The second kappa shape index (κ2) is 6.64. The van der Waals surface area contributed by atoms with Gasteiger partial charge in [0.25, 0.3) is 0 Å². The molecule has 2 aliphatic carbocycles. The van der Waals surface area contributed by atoms with Crippen molar-refractivity contribution in [1.82, 2.24) is 0 Å². The molecule has 0 unspecified atom stereocenters. The van der Waals surface area contributed by atoms with Crippen LogP contribution in [0, 0.1) is 0 Å². The van der Waals surface area contributed by atoms with E-state index in [0.29, 0.717) is 5.56 Å². The van der Waals surface area contributed by atoms with Crippen LogP contribution in [-0.4, -0.2) is 49.6 Å². The van der Waals surface area contributed by atoms with Gasteiger partial charge in [-0.15, -0.1) is 0 Å². The highest BCUT2D eigenvalue weighted by molar-refractivity contribution is 6.18. The minimum Gasteiger partial charge on any atom is -0.478 e. The molecule has 0 heterocycles. The smallest absolute Gasteiger partial charge is 0.336 e. The molecular weight excluding hydrogens is 348 g/mol. The van der Waals surface area contributed by atoms with E-state index in [1.54, 1.807) is 12.1 Å². The summed E-state index contributed by atoms with van der Waals surface area (Å²) in [6, 6.07) is 13.6. The predicted molar refractivity (Wildman–Crippen MR) is 114 cm³/mol. The van der Waals surface area contributed by atoms with Gasteiger partial charge in [-0.05, 0) is 57.7 Å². The van der Waals surface area contributed by atoms with Crippen LogP contribution in [0.5, 0.6) is 0 Å². The second-order valence-corrected chi connectivity index (χ2v) is 7.47. The molecular formula is C24H23N2O2+. The Morgan fingerprint density at radius 2 is 1.71 bits per heavy atom. The molecule has 0 fully saturated rings. The maximum atomic E-state index is 11.9. The minimum atomic E-state index is -0.909. The number of aromatic carboxylic acids is 1. The van der Waals surface area contributed by atoms with Crippen molar-refractivity contribution in [3.63, 3.8) is 0 Å². The summed E-state index contributed by atoms with van der Waals surface area (Å²) in [5.74, 6) is -0.909. The van der Waals surface area contributed by atoms with E-state index in [2.05, 4.69) is 45.9 Å². The van der Waals surface area contributed by atoms with Crippen LogP contribution in [0.2, 0.25) is 0 Å². The zero-order chi connectivity index (χ0) is 20.0. The molecule has 2 aromatic rings. The normalized spacial score (nSPS) is 14.6. The number of carbonyl (C=O) groups is 1. The van der Waals surface area contributed by atoms with Crippen LogP contribution < -0.4 is 4.90 Å². The molecule has 2 aliphatic rings. The largest absolute Gasteiger partial charge is 0.478 e. The Hall–Kier alpha value is -3.40. The van der Waals surface area contributed by atoms with Gasteiger partial charge in [-0.2, -0.15) is 0 Å². The fourth-order valence-electron chi connectivity index (χ4n) is 3.83. The lowest BCUT2D eigenvalue weighted by molar-refractivity contribution is -0.462. The summed E-state index contributed by atoms with van der Waals surface area (Å²) in [6.45, 7) is 0. The third-order valence-electron chi connectivity index (χ3n) is 5.29. The molecule has 0 aliphatic heterocycles. The molecule has 0 radical (unpaired) electrons. The number of fused-ring (bicyclic) bond motifs is 3. The fraction of sp³-hybridized carbons (Fsp3) is 0.167. The van der Waals surface area contributed by atoms with Gasteiger partial charge in [0.1, 0.15) is 14.1 Å². The van der Waals surface area contributed by atoms with Gasteiger partial charge in [-0.1, -0.05) is 24.3 Å². The van der Waals surface area contributed by atoms with Crippen molar-refractivity contribution in [3.05, 3.63) is 88.5 Å². The Labute approximate surface area is 165 Å². The summed E-state index contributed by atoms with van der Waals surface area (Å²) >= 11 is 0. The first kappa shape index (κ1) is 18.0. The van der Waals surface area contributed by atoms with Crippen molar-refractivity contribution in [2.75, 3.05) is 33.1 Å². The third-order valence-corrected chi connectivity index (χ3v) is 5.29. The number of allylic oxidation sites excluding steroid dienone is 5. The lowest BCUT2D eigenvalue weighted by atomic mass is 9.92. The summed E-state index contributed by atoms with van der Waals surface area (Å²) in [4.78, 5) is 13.9. The molecule has 0 spiro atoms. The molecule has 4 heteroatoms. The monoisotopic (exact) mass is 371 g/mol. The Morgan fingerprint density at radius 1 is 0.964 bits per heavy atom. The Kier molecular flexibility index (Phi) is 4.27. The molecule has 28 heavy (non-hydrogen) atoms. The third kappa shape index (κ3) is 2.78. The standard InChI is InChI=1S/C24H22N2O2/c1-25(2)15-9-11-18-21(13-15)22-14-16(26(3)4)10-12-19(22)23(18)17-7-5-6-8-20(17)24(27)28/h5-14H,1-4H3/p+1. The fourth-order valence-corrected chi connectivity index (χ4v) is 3.83. The second-order valence-electron chi connectivity index (χ2n) is 7.47. The summed E-state index contributed by atoms with van der Waals surface area (Å²) in [5, 5.41) is 9.73. The first-order chi connectivity index (χ1) is 13.4. The molecule has 140 valence electrons. The minimum absolute atomic E-state index is 0.324. The molecule has 0 amide bonds. The van der Waals surface area contributed by atoms with Crippen LogP contribution in [-0.2, 0) is 0 Å². The number of carboxylic acids is 1. The number of rotatable bonds is 3. The van der Waals surface area contributed by atoms with E-state index < -0.39 is 5.97 Å². The number of carboxylic acid groups (broad SMARTS) is 1. The maximum absolute atomic E-state index is 11.9. The summed E-state index contributed by atoms with van der Waals surface area (Å²) < 4.78 is 2.08. The molecule has 0 saturated heterocycles. The van der Waals surface area contributed by atoms with Gasteiger partial charge < -0.3 is 10.0 Å². The Bertz CT molecular complexity index is 1130. The van der Waals surface area contributed by atoms with Gasteiger partial charge in [-0.25, -0.2) is 9.37 Å². The molecule has 4 rings (SSSR count). The molecule has 0 aromatic heterocycles. The van der Waals surface area contributed by atoms with E-state index >= 15 is 0 Å². The lowest BCUT2D eigenvalue weighted by Gasteiger charge is -2.15. The quantitative estimate of drug-likeness (QED) is 0.832. The highest BCUT2D eigenvalue weighted by atomic mass is 16.4. The van der Waals surface area contributed by atoms with Crippen molar-refractivity contribution in [3.8, 4) is 0 Å². The topological polar surface area (TPSA) is 43.5 Å². The first-order valence-electron chi connectivity index (χ1n) is 9.22. The molecule has 2 aromatic carbocycles. The summed E-state index contributed by atoms with van der Waals surface area (Å²) in [7, 11) is 8.10. The van der Waals surface area contributed by atoms with Crippen LogP contribution in [0.4, 0.5) is 5.69 Å². The average Bonchev–Trinajstić information content (AvgIpc) is 3.00. The molecule has 0 atom stereocenters. The number of hydrogen-bond donors (Lipinski definition) is 1. The Balaban J connectivity index is 2.04. The van der Waals surface area contributed by atoms with Crippen LogP contribution in [0.1, 0.15) is 27.0 Å². The van der Waals surface area contributed by atoms with Crippen LogP contribution in [0.25, 0.3) is 11.1 Å². The number of hydrogen-bond acceptors (Lipinski definition) is 2. The van der Waals surface area contributed by atoms with E-state index in [4.69, 9.17) is 0 Å². The highest BCUT2D eigenvalue weighted by Gasteiger charge is 2.31. The van der Waals surface area contributed by atoms with E-state index in [0.717, 1.165) is 44.8 Å². The van der Waals surface area contributed by atoms with Gasteiger partial charge in [0.15, 0.2) is 5.71 Å². The van der Waals surface area contributed by atoms with Gasteiger partial charge in [0, 0.05) is 31.9 Å². The predicted octanol–water partition coefficient (Wildman–Crippen LogP) is 3.93. The molecule has 0 bridgehead atoms. The van der Waals surface area contributed by atoms with E-state index in [1.807, 2.05) is 40.3 Å². The van der Waals surface area contributed by atoms with Crippen molar-refractivity contribution in [1.29, 1.82) is 0 Å². The molecule has 0 saturated carbocycles.